The first-order valence-electron chi connectivity index (χ1n) is 5.43. The van der Waals surface area contributed by atoms with E-state index in [4.69, 9.17) is 10.6 Å². The van der Waals surface area contributed by atoms with Gasteiger partial charge in [0.1, 0.15) is 12.0 Å². The molecule has 0 heterocycles. The first-order valence-corrected chi connectivity index (χ1v) is 5.43. The quantitative estimate of drug-likeness (QED) is 0.334. The van der Waals surface area contributed by atoms with Crippen molar-refractivity contribution in [3.05, 3.63) is 29.8 Å². The average Bonchev–Trinajstić information content (AvgIpc) is 2.38. The molecular weight excluding hydrogens is 220 g/mol. The van der Waals surface area contributed by atoms with Gasteiger partial charge in [0, 0.05) is 5.56 Å². The highest BCUT2D eigenvalue weighted by Crippen LogP contribution is 2.15. The molecule has 5 heteroatoms. The predicted molar refractivity (Wildman–Crippen MR) is 63.5 cm³/mol. The second kappa shape index (κ2) is 6.65. The molecular formula is C12H16N2O3. The van der Waals surface area contributed by atoms with Gasteiger partial charge in [0.05, 0.1) is 0 Å². The summed E-state index contributed by atoms with van der Waals surface area (Å²) < 4.78 is 5.50. The van der Waals surface area contributed by atoms with Crippen molar-refractivity contribution in [3.63, 3.8) is 0 Å². The number of aldehydes is 1. The van der Waals surface area contributed by atoms with Gasteiger partial charge in [-0.25, -0.2) is 5.84 Å². The van der Waals surface area contributed by atoms with Gasteiger partial charge in [0.25, 0.3) is 5.91 Å². The molecule has 5 nitrogen and oxygen atoms in total. The molecule has 1 rings (SSSR count). The molecule has 0 fully saturated rings. The van der Waals surface area contributed by atoms with Gasteiger partial charge >= 0.3 is 0 Å². The number of nitrogens with one attached hydrogen (secondary N) is 1. The second-order valence-electron chi connectivity index (χ2n) is 3.59. The van der Waals surface area contributed by atoms with Crippen LogP contribution in [0.2, 0.25) is 0 Å². The third kappa shape index (κ3) is 3.88. The van der Waals surface area contributed by atoms with E-state index in [0.29, 0.717) is 17.7 Å². The standard InChI is InChI=1S/C12H16N2O3/c1-2-3-11(12(16)14-13)17-10-6-4-9(8-15)5-7-10/h4-8,11H,2-3,13H2,1H3,(H,14,16). The smallest absolute Gasteiger partial charge is 0.274 e. The summed E-state index contributed by atoms with van der Waals surface area (Å²) in [4.78, 5) is 21.9. The average molecular weight is 236 g/mol. The van der Waals surface area contributed by atoms with Crippen LogP contribution in [0.25, 0.3) is 0 Å². The Hall–Kier alpha value is -1.88. The van der Waals surface area contributed by atoms with Crippen LogP contribution >= 0.6 is 0 Å². The number of carbonyl (C=O) groups is 2. The first kappa shape index (κ1) is 13.2. The van der Waals surface area contributed by atoms with Crippen molar-refractivity contribution in [1.29, 1.82) is 0 Å². The normalized spacial score (nSPS) is 11.6. The fourth-order valence-corrected chi connectivity index (χ4v) is 1.39. The van der Waals surface area contributed by atoms with Gasteiger partial charge in [0.15, 0.2) is 6.10 Å². The minimum Gasteiger partial charge on any atom is -0.481 e. The van der Waals surface area contributed by atoms with Crippen molar-refractivity contribution in [2.45, 2.75) is 25.9 Å². The summed E-state index contributed by atoms with van der Waals surface area (Å²) in [6.07, 6.45) is 1.54. The number of hydrogen-bond donors (Lipinski definition) is 2. The molecule has 0 aliphatic rings. The summed E-state index contributed by atoms with van der Waals surface area (Å²) in [7, 11) is 0. The molecule has 0 aliphatic heterocycles. The van der Waals surface area contributed by atoms with Gasteiger partial charge in [-0.2, -0.15) is 0 Å². The van der Waals surface area contributed by atoms with E-state index in [1.54, 1.807) is 24.3 Å². The lowest BCUT2D eigenvalue weighted by molar-refractivity contribution is -0.128. The summed E-state index contributed by atoms with van der Waals surface area (Å²) in [5.41, 5.74) is 2.64. The van der Waals surface area contributed by atoms with E-state index in [0.717, 1.165) is 12.7 Å². The molecule has 0 bridgehead atoms. The van der Waals surface area contributed by atoms with Crippen LogP contribution in [0.4, 0.5) is 0 Å². The fourth-order valence-electron chi connectivity index (χ4n) is 1.39. The molecule has 0 aliphatic carbocycles. The number of hydrazine groups is 1. The number of hydrogen-bond acceptors (Lipinski definition) is 4. The zero-order chi connectivity index (χ0) is 12.7. The monoisotopic (exact) mass is 236 g/mol. The molecule has 1 atom stereocenters. The number of amides is 1. The van der Waals surface area contributed by atoms with Crippen molar-refractivity contribution >= 4 is 12.2 Å². The highest BCUT2D eigenvalue weighted by Gasteiger charge is 2.18. The Morgan fingerprint density at radius 2 is 2.12 bits per heavy atom. The minimum atomic E-state index is -0.605. The lowest BCUT2D eigenvalue weighted by Gasteiger charge is -2.16. The molecule has 1 unspecified atom stereocenters. The van der Waals surface area contributed by atoms with Gasteiger partial charge in [-0.3, -0.25) is 15.0 Å². The molecule has 1 aromatic rings. The van der Waals surface area contributed by atoms with Crippen LogP contribution in [0, 0.1) is 0 Å². The molecule has 0 aromatic heterocycles. The molecule has 0 saturated carbocycles. The van der Waals surface area contributed by atoms with Crippen molar-refractivity contribution in [2.75, 3.05) is 0 Å². The molecule has 0 radical (unpaired) electrons. The third-order valence-electron chi connectivity index (χ3n) is 2.28. The summed E-state index contributed by atoms with van der Waals surface area (Å²) in [5, 5.41) is 0. The number of ether oxygens (including phenoxy) is 1. The molecule has 17 heavy (non-hydrogen) atoms. The SMILES string of the molecule is CCCC(Oc1ccc(C=O)cc1)C(=O)NN. The molecule has 0 spiro atoms. The van der Waals surface area contributed by atoms with Gasteiger partial charge < -0.3 is 4.74 Å². The van der Waals surface area contributed by atoms with Crippen molar-refractivity contribution in [3.8, 4) is 5.75 Å². The Kier molecular flexibility index (Phi) is 5.16. The highest BCUT2D eigenvalue weighted by atomic mass is 16.5. The summed E-state index contributed by atoms with van der Waals surface area (Å²) >= 11 is 0. The number of nitrogens with two attached hydrogens (primary N) is 1. The Morgan fingerprint density at radius 1 is 1.47 bits per heavy atom. The minimum absolute atomic E-state index is 0.355. The van der Waals surface area contributed by atoms with Crippen molar-refractivity contribution < 1.29 is 14.3 Å². The van der Waals surface area contributed by atoms with Crippen LogP contribution in [-0.4, -0.2) is 18.3 Å². The Morgan fingerprint density at radius 3 is 2.59 bits per heavy atom. The van der Waals surface area contributed by atoms with E-state index in [2.05, 4.69) is 5.43 Å². The van der Waals surface area contributed by atoms with E-state index in [-0.39, 0.29) is 5.91 Å². The van der Waals surface area contributed by atoms with Gasteiger partial charge in [-0.15, -0.1) is 0 Å². The Labute approximate surface area is 99.9 Å². The second-order valence-corrected chi connectivity index (χ2v) is 3.59. The maximum absolute atomic E-state index is 11.4. The molecule has 1 aromatic carbocycles. The van der Waals surface area contributed by atoms with Crippen LogP contribution in [0.15, 0.2) is 24.3 Å². The third-order valence-corrected chi connectivity index (χ3v) is 2.28. The number of rotatable bonds is 6. The molecule has 1 amide bonds. The summed E-state index contributed by atoms with van der Waals surface area (Å²) in [5.74, 6) is 5.26. The maximum atomic E-state index is 11.4. The topological polar surface area (TPSA) is 81.4 Å². The van der Waals surface area contributed by atoms with Gasteiger partial charge in [0.2, 0.25) is 0 Å². The largest absolute Gasteiger partial charge is 0.481 e. The zero-order valence-electron chi connectivity index (χ0n) is 9.68. The van der Waals surface area contributed by atoms with E-state index < -0.39 is 6.10 Å². The van der Waals surface area contributed by atoms with E-state index in [1.165, 1.54) is 0 Å². The van der Waals surface area contributed by atoms with Crippen LogP contribution in [0.1, 0.15) is 30.1 Å². The van der Waals surface area contributed by atoms with E-state index in [9.17, 15) is 9.59 Å². The fraction of sp³-hybridized carbons (Fsp3) is 0.333. The van der Waals surface area contributed by atoms with Crippen LogP contribution in [-0.2, 0) is 4.79 Å². The first-order chi connectivity index (χ1) is 8.21. The zero-order valence-corrected chi connectivity index (χ0v) is 9.68. The Balaban J connectivity index is 2.71. The van der Waals surface area contributed by atoms with E-state index >= 15 is 0 Å². The summed E-state index contributed by atoms with van der Waals surface area (Å²) in [6, 6.07) is 6.56. The lowest BCUT2D eigenvalue weighted by atomic mass is 10.2. The highest BCUT2D eigenvalue weighted by molar-refractivity contribution is 5.80. The molecule has 92 valence electrons. The van der Waals surface area contributed by atoms with Crippen LogP contribution in [0.3, 0.4) is 0 Å². The number of carbonyl (C=O) groups excluding carboxylic acids is 2. The molecule has 0 saturated heterocycles. The summed E-state index contributed by atoms with van der Waals surface area (Å²) in [6.45, 7) is 1.95. The van der Waals surface area contributed by atoms with Crippen molar-refractivity contribution in [2.24, 2.45) is 5.84 Å². The predicted octanol–water partition coefficient (Wildman–Crippen LogP) is 1.04. The maximum Gasteiger partial charge on any atom is 0.274 e. The molecule has 3 N–H and O–H groups in total. The van der Waals surface area contributed by atoms with Gasteiger partial charge in [-0.05, 0) is 30.7 Å². The van der Waals surface area contributed by atoms with Crippen molar-refractivity contribution in [1.82, 2.24) is 5.43 Å². The van der Waals surface area contributed by atoms with Crippen LogP contribution < -0.4 is 16.0 Å². The number of benzene rings is 1. The van der Waals surface area contributed by atoms with Gasteiger partial charge in [-0.1, -0.05) is 13.3 Å². The van der Waals surface area contributed by atoms with Crippen LogP contribution in [0.5, 0.6) is 5.75 Å². The van der Waals surface area contributed by atoms with E-state index in [1.807, 2.05) is 6.92 Å². The lowest BCUT2D eigenvalue weighted by Crippen LogP contribution is -2.42. The Bertz CT molecular complexity index is 376.